The summed E-state index contributed by atoms with van der Waals surface area (Å²) in [5.74, 6) is 0.0903. The molecule has 4 nitrogen and oxygen atoms in total. The number of fused-ring (bicyclic) bond motifs is 2. The van der Waals surface area contributed by atoms with E-state index in [-0.39, 0.29) is 11.9 Å². The lowest BCUT2D eigenvalue weighted by Gasteiger charge is -2.30. The van der Waals surface area contributed by atoms with Gasteiger partial charge in [-0.15, -0.1) is 0 Å². The molecule has 3 atom stereocenters. The number of carbonyl (C=O) groups excluding carboxylic acids is 1. The fourth-order valence-corrected chi connectivity index (χ4v) is 2.64. The quantitative estimate of drug-likeness (QED) is 0.540. The van der Waals surface area contributed by atoms with E-state index in [1.165, 1.54) is 0 Å². The second-order valence-corrected chi connectivity index (χ2v) is 4.07. The van der Waals surface area contributed by atoms with Crippen molar-refractivity contribution in [2.75, 3.05) is 19.7 Å². The van der Waals surface area contributed by atoms with Gasteiger partial charge in [-0.2, -0.15) is 0 Å². The molecule has 0 aromatic rings. The Morgan fingerprint density at radius 3 is 3.00 bits per heavy atom. The lowest BCUT2D eigenvalue weighted by atomic mass is 10.2. The van der Waals surface area contributed by atoms with E-state index < -0.39 is 0 Å². The van der Waals surface area contributed by atoms with Crippen molar-refractivity contribution in [3.63, 3.8) is 0 Å². The molecule has 0 spiro atoms. The van der Waals surface area contributed by atoms with Gasteiger partial charge in [0.2, 0.25) is 0 Å². The Balaban J connectivity index is 1.75. The van der Waals surface area contributed by atoms with Crippen molar-refractivity contribution in [3.8, 4) is 0 Å². The molecule has 0 saturated carbocycles. The normalized spacial score (nSPS) is 44.3. The maximum Gasteiger partial charge on any atom is 0.258 e. The molecule has 2 bridgehead atoms. The number of hydrogen-bond acceptors (Lipinski definition) is 3. The largest absolute Gasteiger partial charge is 0.375 e. The number of rotatable bonds is 1. The number of amides is 1. The average Bonchev–Trinajstić information content (AvgIpc) is 2.77. The maximum atomic E-state index is 11.4. The lowest BCUT2D eigenvalue weighted by molar-refractivity contribution is -0.125. The summed E-state index contributed by atoms with van der Waals surface area (Å²) in [6, 6.07) is 0.575. The Morgan fingerprint density at radius 2 is 2.46 bits per heavy atom. The molecule has 0 N–H and O–H groups in total. The summed E-state index contributed by atoms with van der Waals surface area (Å²) < 4.78 is 5.49. The van der Waals surface area contributed by atoms with Gasteiger partial charge in [-0.25, -0.2) is 0 Å². The van der Waals surface area contributed by atoms with Crippen LogP contribution in [0.3, 0.4) is 0 Å². The molecule has 3 unspecified atom stereocenters. The Kier molecular flexibility index (Phi) is 1.60. The highest BCUT2D eigenvalue weighted by atomic mass is 16.5. The molecule has 3 fully saturated rings. The number of morpholine rings is 1. The zero-order valence-electron chi connectivity index (χ0n) is 7.48. The Bertz CT molecular complexity index is 244. The van der Waals surface area contributed by atoms with Crippen molar-refractivity contribution >= 4 is 5.91 Å². The molecule has 71 valence electrons. The highest BCUT2D eigenvalue weighted by Gasteiger charge is 2.45. The van der Waals surface area contributed by atoms with Crippen LogP contribution in [0.5, 0.6) is 0 Å². The number of carbonyl (C=O) groups is 1. The SMILES string of the molecule is O=C1[N]CCC1N1CC2CC1CO2. The summed E-state index contributed by atoms with van der Waals surface area (Å²) in [6.45, 7) is 2.48. The van der Waals surface area contributed by atoms with E-state index in [2.05, 4.69) is 10.2 Å². The van der Waals surface area contributed by atoms with Crippen LogP contribution in [0.25, 0.3) is 0 Å². The van der Waals surface area contributed by atoms with Gasteiger partial charge >= 0.3 is 0 Å². The molecule has 0 aliphatic carbocycles. The van der Waals surface area contributed by atoms with Crippen LogP contribution in [0.15, 0.2) is 0 Å². The summed E-state index contributed by atoms with van der Waals surface area (Å²) in [7, 11) is 0. The van der Waals surface area contributed by atoms with Crippen LogP contribution in [-0.4, -0.2) is 48.7 Å². The molecular formula is C9H13N2O2. The van der Waals surface area contributed by atoms with Crippen molar-refractivity contribution in [2.24, 2.45) is 0 Å². The van der Waals surface area contributed by atoms with Gasteiger partial charge < -0.3 is 4.74 Å². The lowest BCUT2D eigenvalue weighted by Crippen LogP contribution is -2.46. The average molecular weight is 181 g/mol. The molecule has 1 amide bonds. The molecular weight excluding hydrogens is 168 g/mol. The molecule has 4 heteroatoms. The van der Waals surface area contributed by atoms with E-state index >= 15 is 0 Å². The second kappa shape index (κ2) is 2.69. The van der Waals surface area contributed by atoms with Gasteiger partial charge in [0.15, 0.2) is 0 Å². The first kappa shape index (κ1) is 7.76. The van der Waals surface area contributed by atoms with Crippen molar-refractivity contribution < 1.29 is 9.53 Å². The third-order valence-corrected chi connectivity index (χ3v) is 3.30. The highest BCUT2D eigenvalue weighted by Crippen LogP contribution is 2.31. The first-order valence-electron chi connectivity index (χ1n) is 4.93. The van der Waals surface area contributed by atoms with Crippen LogP contribution in [-0.2, 0) is 9.53 Å². The smallest absolute Gasteiger partial charge is 0.258 e. The van der Waals surface area contributed by atoms with E-state index in [0.29, 0.717) is 12.1 Å². The Hall–Kier alpha value is -0.610. The summed E-state index contributed by atoms with van der Waals surface area (Å²) in [5.41, 5.74) is 0. The number of likely N-dealkylation sites (tertiary alicyclic amines) is 1. The molecule has 3 aliphatic rings. The minimum atomic E-state index is 0.0823. The van der Waals surface area contributed by atoms with Crippen molar-refractivity contribution in [1.82, 2.24) is 10.2 Å². The summed E-state index contributed by atoms with van der Waals surface area (Å²) >= 11 is 0. The third kappa shape index (κ3) is 1.09. The Morgan fingerprint density at radius 1 is 1.54 bits per heavy atom. The molecule has 3 aliphatic heterocycles. The summed E-state index contributed by atoms with van der Waals surface area (Å²) in [5, 5.41) is 3.92. The molecule has 1 radical (unpaired) electrons. The maximum absolute atomic E-state index is 11.4. The van der Waals surface area contributed by atoms with Crippen molar-refractivity contribution in [1.29, 1.82) is 0 Å². The van der Waals surface area contributed by atoms with Gasteiger partial charge in [0.05, 0.1) is 18.8 Å². The predicted octanol–water partition coefficient (Wildman–Crippen LogP) is -0.637. The molecule has 3 rings (SSSR count). The van der Waals surface area contributed by atoms with E-state index in [0.717, 1.165) is 32.5 Å². The molecule has 0 aromatic carbocycles. The van der Waals surface area contributed by atoms with Gasteiger partial charge in [0.25, 0.3) is 5.91 Å². The minimum Gasteiger partial charge on any atom is -0.375 e. The first-order chi connectivity index (χ1) is 6.34. The van der Waals surface area contributed by atoms with Crippen LogP contribution in [0, 0.1) is 0 Å². The van der Waals surface area contributed by atoms with Gasteiger partial charge in [-0.1, -0.05) is 0 Å². The van der Waals surface area contributed by atoms with Gasteiger partial charge in [0.1, 0.15) is 0 Å². The van der Waals surface area contributed by atoms with Crippen molar-refractivity contribution in [3.05, 3.63) is 0 Å². The van der Waals surface area contributed by atoms with Crippen LogP contribution >= 0.6 is 0 Å². The predicted molar refractivity (Wildman–Crippen MR) is 45.3 cm³/mol. The van der Waals surface area contributed by atoms with Gasteiger partial charge in [-0.3, -0.25) is 15.0 Å². The molecule has 13 heavy (non-hydrogen) atoms. The standard InChI is InChI=1S/C9H13N2O2/c12-9-8(1-2-10-9)11-4-7-3-6(11)5-13-7/h6-8H,1-5H2. The van der Waals surface area contributed by atoms with E-state index in [4.69, 9.17) is 4.74 Å². The monoisotopic (exact) mass is 181 g/mol. The number of ether oxygens (including phenoxy) is 1. The zero-order valence-corrected chi connectivity index (χ0v) is 7.48. The van der Waals surface area contributed by atoms with Crippen LogP contribution in [0.1, 0.15) is 12.8 Å². The topological polar surface area (TPSA) is 43.6 Å². The van der Waals surface area contributed by atoms with Crippen molar-refractivity contribution in [2.45, 2.75) is 31.0 Å². The Labute approximate surface area is 77.2 Å². The fraction of sp³-hybridized carbons (Fsp3) is 0.889. The zero-order chi connectivity index (χ0) is 8.84. The van der Waals surface area contributed by atoms with Crippen LogP contribution < -0.4 is 5.32 Å². The van der Waals surface area contributed by atoms with Crippen LogP contribution in [0.4, 0.5) is 0 Å². The molecule has 3 heterocycles. The van der Waals surface area contributed by atoms with Crippen LogP contribution in [0.2, 0.25) is 0 Å². The van der Waals surface area contributed by atoms with Gasteiger partial charge in [-0.05, 0) is 12.8 Å². The molecule has 0 aromatic heterocycles. The third-order valence-electron chi connectivity index (χ3n) is 3.30. The summed E-state index contributed by atoms with van der Waals surface area (Å²) in [4.78, 5) is 13.7. The van der Waals surface area contributed by atoms with E-state index in [1.54, 1.807) is 0 Å². The second-order valence-electron chi connectivity index (χ2n) is 4.07. The minimum absolute atomic E-state index is 0.0823. The molecule has 3 saturated heterocycles. The van der Waals surface area contributed by atoms with E-state index in [1.807, 2.05) is 0 Å². The highest BCUT2D eigenvalue weighted by molar-refractivity contribution is 5.83. The number of nitrogens with zero attached hydrogens (tertiary/aromatic N) is 2. The van der Waals surface area contributed by atoms with Gasteiger partial charge in [0, 0.05) is 19.1 Å². The first-order valence-corrected chi connectivity index (χ1v) is 4.93. The summed E-state index contributed by atoms with van der Waals surface area (Å²) in [6.07, 6.45) is 2.42. The van der Waals surface area contributed by atoms with E-state index in [9.17, 15) is 4.79 Å². The number of hydrogen-bond donors (Lipinski definition) is 0. The fourth-order valence-electron chi connectivity index (χ4n) is 2.64.